The third-order valence-corrected chi connectivity index (χ3v) is 18.2. The molecular weight excluding hydrogens is 767 g/mol. The molecule has 1 aliphatic carbocycles. The lowest BCUT2D eigenvalue weighted by Crippen LogP contribution is -2.67. The molecule has 3 aromatic carbocycles. The molecule has 0 amide bonds. The number of aliphatic carboxylic acids is 1. The third-order valence-electron chi connectivity index (χ3n) is 11.8. The second kappa shape index (κ2) is 16.4. The van der Waals surface area contributed by atoms with Gasteiger partial charge in [0.1, 0.15) is 22.7 Å². The number of ether oxygens (including phenoxy) is 1. The summed E-state index contributed by atoms with van der Waals surface area (Å²) < 4.78 is 22.7. The molecule has 12 heteroatoms. The van der Waals surface area contributed by atoms with Crippen LogP contribution in [0.1, 0.15) is 90.0 Å². The summed E-state index contributed by atoms with van der Waals surface area (Å²) in [6.07, 6.45) is 6.18. The normalized spacial score (nSPS) is 17.1. The Morgan fingerprint density at radius 1 is 0.914 bits per heavy atom. The third kappa shape index (κ3) is 7.47. The highest BCUT2D eigenvalue weighted by atomic mass is 32.1. The molecular formula is C46H53N3O7SSi. The van der Waals surface area contributed by atoms with E-state index in [4.69, 9.17) is 13.6 Å². The molecule has 3 heterocycles. The first-order valence-electron chi connectivity index (χ1n) is 20.1. The number of hydrogen-bond acceptors (Lipinski definition) is 8. The standard InChI is InChI=1S/C46H53N3O7SSi/c1-8-31-17-15-16-22-36(31)37(29-48-42-38(30(2)39(57-42)40-47-27-28-54-40)41(50)49(44(48)53)46(6,7)43(51)52)55-32-23-25-33(26-24-32)56-58(45(3,4)5,34-18-11-9-12-19-34)35-20-13-10-14-21-35/h9-22,27-28,32-33,37H,8,23-26,29H2,1-7H3,(H,51,52)/t32?,33?,37-/m0/s1. The Kier molecular flexibility index (Phi) is 11.7. The van der Waals surface area contributed by atoms with Crippen molar-refractivity contribution in [3.8, 4) is 10.8 Å². The van der Waals surface area contributed by atoms with Gasteiger partial charge in [-0.25, -0.2) is 19.1 Å². The zero-order valence-corrected chi connectivity index (χ0v) is 36.2. The molecule has 10 nitrogen and oxygen atoms in total. The van der Waals surface area contributed by atoms with Crippen LogP contribution in [0, 0.1) is 6.92 Å². The van der Waals surface area contributed by atoms with Crippen LogP contribution in [-0.4, -0.2) is 45.7 Å². The number of carboxylic acid groups (broad SMARTS) is 1. The molecule has 3 aromatic heterocycles. The van der Waals surface area contributed by atoms with Crippen molar-refractivity contribution in [2.45, 2.75) is 116 Å². The molecule has 1 saturated carbocycles. The lowest BCUT2D eigenvalue weighted by atomic mass is 9.94. The largest absolute Gasteiger partial charge is 0.480 e. The molecule has 6 aromatic rings. The summed E-state index contributed by atoms with van der Waals surface area (Å²) in [6, 6.07) is 29.5. The number of nitrogens with zero attached hydrogens (tertiary/aromatic N) is 3. The molecule has 0 aliphatic heterocycles. The van der Waals surface area contributed by atoms with Crippen LogP contribution in [0.15, 0.2) is 111 Å². The zero-order valence-electron chi connectivity index (χ0n) is 34.4. The van der Waals surface area contributed by atoms with Gasteiger partial charge in [0.15, 0.2) is 0 Å². The van der Waals surface area contributed by atoms with Gasteiger partial charge < -0.3 is 18.7 Å². The van der Waals surface area contributed by atoms with Crippen molar-refractivity contribution in [3.05, 3.63) is 135 Å². The average Bonchev–Trinajstić information content (AvgIpc) is 3.87. The summed E-state index contributed by atoms with van der Waals surface area (Å²) in [5, 5.41) is 12.9. The maximum Gasteiger partial charge on any atom is 0.333 e. The predicted octanol–water partition coefficient (Wildman–Crippen LogP) is 8.22. The van der Waals surface area contributed by atoms with Crippen molar-refractivity contribution in [1.29, 1.82) is 0 Å². The molecule has 0 spiro atoms. The van der Waals surface area contributed by atoms with E-state index in [0.717, 1.165) is 47.8 Å². The topological polar surface area (TPSA) is 126 Å². The van der Waals surface area contributed by atoms with Crippen LogP contribution in [0.4, 0.5) is 0 Å². The van der Waals surface area contributed by atoms with Crippen LogP contribution in [0.3, 0.4) is 0 Å². The molecule has 0 bridgehead atoms. The van der Waals surface area contributed by atoms with E-state index >= 15 is 0 Å². The molecule has 0 saturated heterocycles. The minimum Gasteiger partial charge on any atom is -0.480 e. The number of thiophene rings is 1. The zero-order chi connectivity index (χ0) is 41.4. The average molecular weight is 820 g/mol. The number of hydrogen-bond donors (Lipinski definition) is 1. The van der Waals surface area contributed by atoms with Gasteiger partial charge in [0, 0.05) is 6.10 Å². The molecule has 0 unspecified atom stereocenters. The van der Waals surface area contributed by atoms with E-state index in [1.54, 1.807) is 6.92 Å². The van der Waals surface area contributed by atoms with Gasteiger partial charge in [0.05, 0.1) is 29.1 Å². The van der Waals surface area contributed by atoms with Gasteiger partial charge in [0.25, 0.3) is 13.9 Å². The molecule has 1 aliphatic rings. The van der Waals surface area contributed by atoms with E-state index < -0.39 is 37.2 Å². The van der Waals surface area contributed by atoms with Crippen molar-refractivity contribution < 1.29 is 23.5 Å². The van der Waals surface area contributed by atoms with Gasteiger partial charge in [-0.1, -0.05) is 113 Å². The van der Waals surface area contributed by atoms with Gasteiger partial charge in [-0.15, -0.1) is 11.3 Å². The van der Waals surface area contributed by atoms with Crippen LogP contribution in [0.5, 0.6) is 0 Å². The number of fused-ring (bicyclic) bond motifs is 1. The molecule has 304 valence electrons. The Balaban J connectivity index is 1.25. The van der Waals surface area contributed by atoms with Gasteiger partial charge in [0.2, 0.25) is 5.89 Å². The summed E-state index contributed by atoms with van der Waals surface area (Å²) >= 11 is 1.24. The summed E-state index contributed by atoms with van der Waals surface area (Å²) in [6.45, 7) is 13.6. The number of benzene rings is 3. The van der Waals surface area contributed by atoms with E-state index in [0.29, 0.717) is 21.2 Å². The van der Waals surface area contributed by atoms with Crippen molar-refractivity contribution in [3.63, 3.8) is 0 Å². The minimum atomic E-state index is -2.75. The van der Waals surface area contributed by atoms with E-state index in [1.165, 1.54) is 52.6 Å². The first-order valence-corrected chi connectivity index (χ1v) is 22.9. The highest BCUT2D eigenvalue weighted by molar-refractivity contribution is 7.22. The Hall–Kier alpha value is -4.88. The fraction of sp³-hybridized carbons (Fsp3) is 0.391. The second-order valence-corrected chi connectivity index (χ2v) is 22.1. The van der Waals surface area contributed by atoms with Gasteiger partial charge in [-0.05, 0) is 85.0 Å². The molecule has 1 fully saturated rings. The summed E-state index contributed by atoms with van der Waals surface area (Å²) in [5.41, 5.74) is -0.602. The summed E-state index contributed by atoms with van der Waals surface area (Å²) in [7, 11) is -2.75. The first-order chi connectivity index (χ1) is 27.7. The second-order valence-electron chi connectivity index (χ2n) is 16.8. The lowest BCUT2D eigenvalue weighted by molar-refractivity contribution is -0.146. The fourth-order valence-electron chi connectivity index (χ4n) is 8.65. The van der Waals surface area contributed by atoms with Crippen molar-refractivity contribution >= 4 is 46.2 Å². The van der Waals surface area contributed by atoms with E-state index in [-0.39, 0.29) is 29.2 Å². The van der Waals surface area contributed by atoms with E-state index in [1.807, 2.05) is 18.2 Å². The van der Waals surface area contributed by atoms with E-state index in [9.17, 15) is 19.5 Å². The van der Waals surface area contributed by atoms with Crippen molar-refractivity contribution in [1.82, 2.24) is 14.1 Å². The first kappa shape index (κ1) is 41.3. The Bertz CT molecular complexity index is 2450. The maximum atomic E-state index is 14.6. The number of carbonyl (C=O) groups is 1. The molecule has 0 radical (unpaired) electrons. The predicted molar refractivity (Wildman–Crippen MR) is 232 cm³/mol. The van der Waals surface area contributed by atoms with Crippen LogP contribution < -0.4 is 21.6 Å². The number of oxazole rings is 1. The smallest absolute Gasteiger partial charge is 0.333 e. The molecule has 58 heavy (non-hydrogen) atoms. The van der Waals surface area contributed by atoms with Gasteiger partial charge in [-0.3, -0.25) is 9.36 Å². The fourth-order valence-corrected chi connectivity index (χ4v) is 14.6. The van der Waals surface area contributed by atoms with Crippen LogP contribution >= 0.6 is 11.3 Å². The molecule has 7 rings (SSSR count). The van der Waals surface area contributed by atoms with Gasteiger partial charge in [-0.2, -0.15) is 0 Å². The minimum absolute atomic E-state index is 0.0271. The quantitative estimate of drug-likeness (QED) is 0.116. The lowest BCUT2D eigenvalue weighted by Gasteiger charge is -2.46. The van der Waals surface area contributed by atoms with Crippen LogP contribution in [0.2, 0.25) is 5.04 Å². The Morgan fingerprint density at radius 2 is 1.50 bits per heavy atom. The molecule has 1 N–H and O–H groups in total. The number of carboxylic acids is 1. The van der Waals surface area contributed by atoms with Crippen molar-refractivity contribution in [2.75, 3.05) is 0 Å². The SMILES string of the molecule is CCc1ccccc1[C@H](Cn1c(=O)n(C(C)(C)C(=O)O)c(=O)c2c(C)c(-c3ncco3)sc21)OC1CCC(O[Si](c2ccccc2)(c2ccccc2)C(C)(C)C)CC1. The highest BCUT2D eigenvalue weighted by Crippen LogP contribution is 2.41. The van der Waals surface area contributed by atoms with Crippen molar-refractivity contribution in [2.24, 2.45) is 0 Å². The highest BCUT2D eigenvalue weighted by Gasteiger charge is 2.51. The Morgan fingerprint density at radius 3 is 2.05 bits per heavy atom. The van der Waals surface area contributed by atoms with Gasteiger partial charge >= 0.3 is 11.7 Å². The molecule has 1 atom stereocenters. The van der Waals surface area contributed by atoms with Crippen LogP contribution in [0.25, 0.3) is 21.0 Å². The number of aromatic nitrogens is 3. The van der Waals surface area contributed by atoms with Crippen LogP contribution in [-0.2, 0) is 32.5 Å². The number of aryl methyl sites for hydroxylation is 2. The monoisotopic (exact) mass is 819 g/mol. The maximum absolute atomic E-state index is 14.6. The van der Waals surface area contributed by atoms with E-state index in [2.05, 4.69) is 99.4 Å². The summed E-state index contributed by atoms with van der Waals surface area (Å²) in [4.78, 5) is 46.8. The summed E-state index contributed by atoms with van der Waals surface area (Å²) in [5.74, 6) is -0.970. The number of rotatable bonds is 13. The Labute approximate surface area is 344 Å².